The Morgan fingerprint density at radius 1 is 0.840 bits per heavy atom. The van der Waals surface area contributed by atoms with Crippen molar-refractivity contribution in [2.24, 2.45) is 5.41 Å². The van der Waals surface area contributed by atoms with Crippen molar-refractivity contribution in [3.8, 4) is 23.0 Å². The fourth-order valence-corrected chi connectivity index (χ4v) is 7.64. The molecule has 3 fully saturated rings. The average molecular weight is 707 g/mol. The molecule has 0 radical (unpaired) electrons. The third-order valence-corrected chi connectivity index (χ3v) is 11.3. The Kier molecular flexibility index (Phi) is 8.85. The molecule has 1 aromatic heterocycles. The summed E-state index contributed by atoms with van der Waals surface area (Å²) in [5.74, 6) is -0.733. The van der Waals surface area contributed by atoms with Gasteiger partial charge in [0.2, 0.25) is 11.8 Å². The van der Waals surface area contributed by atoms with Gasteiger partial charge in [0.15, 0.2) is 23.1 Å². The van der Waals surface area contributed by atoms with Crippen LogP contribution in [0.2, 0.25) is 0 Å². The number of nitrogens with zero attached hydrogens (tertiary/aromatic N) is 1. The molecule has 3 aromatic carbocycles. The SMILES string of the molecule is COc1cc2c(Oc3ccc(NC(=O)C4(C(=O)Nc5ccc(F)cc5)CC4)cc3F)ccnc2cc1OCC1(NC2CCS(=O)(=O)CC2)CC1. The molecule has 2 saturated carbocycles. The lowest BCUT2D eigenvalue weighted by Gasteiger charge is -2.28. The minimum absolute atomic E-state index is 0.0951. The number of pyridine rings is 1. The molecule has 14 heteroatoms. The van der Waals surface area contributed by atoms with Gasteiger partial charge in [0.05, 0.1) is 29.7 Å². The van der Waals surface area contributed by atoms with Crippen molar-refractivity contribution in [2.75, 3.05) is 35.9 Å². The number of nitrogens with one attached hydrogen (secondary N) is 3. The molecule has 0 spiro atoms. The van der Waals surface area contributed by atoms with Gasteiger partial charge < -0.3 is 30.2 Å². The molecule has 0 bridgehead atoms. The number of hydrogen-bond acceptors (Lipinski definition) is 9. The number of ether oxygens (including phenoxy) is 3. The minimum atomic E-state index is -2.94. The standard InChI is InChI=1S/C36H36F2N4O7S/c1-47-31-19-26-28(20-32(31)48-21-35(11-12-35)42-24-9-16-50(45,46)17-10-24)39-15-8-29(26)49-30-7-6-25(18-27(30)38)41-34(44)36(13-14-36)33(43)40-23-4-2-22(37)3-5-23/h2-8,15,18-20,24,42H,9-14,16-17,21H2,1H3,(H,40,43)(H,41,44). The highest BCUT2D eigenvalue weighted by molar-refractivity contribution is 7.91. The third kappa shape index (κ3) is 7.22. The molecule has 0 unspecified atom stereocenters. The Morgan fingerprint density at radius 3 is 2.16 bits per heavy atom. The Hall–Kier alpha value is -4.82. The lowest BCUT2D eigenvalue weighted by Crippen LogP contribution is -2.47. The van der Waals surface area contributed by atoms with Crippen molar-refractivity contribution >= 4 is 43.9 Å². The summed E-state index contributed by atoms with van der Waals surface area (Å²) < 4.78 is 70.0. The normalized spacial score (nSPS) is 18.5. The van der Waals surface area contributed by atoms with Crippen LogP contribution in [0.15, 0.2) is 66.9 Å². The van der Waals surface area contributed by atoms with E-state index >= 15 is 4.39 Å². The minimum Gasteiger partial charge on any atom is -0.493 e. The van der Waals surface area contributed by atoms with Crippen molar-refractivity contribution in [1.82, 2.24) is 10.3 Å². The van der Waals surface area contributed by atoms with Gasteiger partial charge in [0.1, 0.15) is 33.4 Å². The van der Waals surface area contributed by atoms with E-state index in [4.69, 9.17) is 14.2 Å². The molecule has 1 aliphatic heterocycles. The van der Waals surface area contributed by atoms with E-state index in [-0.39, 0.29) is 34.5 Å². The van der Waals surface area contributed by atoms with Gasteiger partial charge >= 0.3 is 0 Å². The summed E-state index contributed by atoms with van der Waals surface area (Å²) in [5.41, 5.74) is -0.465. The maximum absolute atomic E-state index is 15.3. The highest BCUT2D eigenvalue weighted by Gasteiger charge is 2.56. The summed E-state index contributed by atoms with van der Waals surface area (Å²) in [5, 5.41) is 9.45. The first-order valence-electron chi connectivity index (χ1n) is 16.4. The zero-order valence-electron chi connectivity index (χ0n) is 27.3. The lowest BCUT2D eigenvalue weighted by atomic mass is 10.0. The number of sulfone groups is 1. The lowest BCUT2D eigenvalue weighted by molar-refractivity contribution is -0.131. The first-order chi connectivity index (χ1) is 24.0. The van der Waals surface area contributed by atoms with E-state index in [9.17, 15) is 22.4 Å². The first-order valence-corrected chi connectivity index (χ1v) is 18.2. The fourth-order valence-electron chi connectivity index (χ4n) is 6.15. The van der Waals surface area contributed by atoms with Crippen LogP contribution in [-0.2, 0) is 19.4 Å². The molecule has 4 aromatic rings. The molecule has 262 valence electrons. The van der Waals surface area contributed by atoms with Crippen LogP contribution in [0.3, 0.4) is 0 Å². The second-order valence-electron chi connectivity index (χ2n) is 13.2. The van der Waals surface area contributed by atoms with E-state index in [1.807, 2.05) is 0 Å². The summed E-state index contributed by atoms with van der Waals surface area (Å²) in [7, 11) is -1.43. The summed E-state index contributed by atoms with van der Waals surface area (Å²) >= 11 is 0. The number of aromatic nitrogens is 1. The molecule has 2 amide bonds. The first kappa shape index (κ1) is 33.7. The average Bonchev–Trinajstić information content (AvgIpc) is 4.03. The van der Waals surface area contributed by atoms with Crippen molar-refractivity contribution in [2.45, 2.75) is 50.1 Å². The van der Waals surface area contributed by atoms with Gasteiger partial charge in [-0.2, -0.15) is 0 Å². The fraction of sp³-hybridized carbons (Fsp3) is 0.361. The van der Waals surface area contributed by atoms with Crippen LogP contribution in [-0.4, -0.2) is 62.0 Å². The van der Waals surface area contributed by atoms with Gasteiger partial charge in [0.25, 0.3) is 0 Å². The van der Waals surface area contributed by atoms with Gasteiger partial charge in [0, 0.05) is 41.1 Å². The highest BCUT2D eigenvalue weighted by atomic mass is 32.2. The van der Waals surface area contributed by atoms with Crippen molar-refractivity contribution in [3.63, 3.8) is 0 Å². The van der Waals surface area contributed by atoms with E-state index < -0.39 is 38.7 Å². The predicted octanol–water partition coefficient (Wildman–Crippen LogP) is 5.75. The number of anilines is 2. The van der Waals surface area contributed by atoms with E-state index in [0.29, 0.717) is 66.1 Å². The number of carbonyl (C=O) groups excluding carboxylic acids is 2. The Bertz CT molecular complexity index is 2060. The number of methoxy groups -OCH3 is 1. The van der Waals surface area contributed by atoms with Crippen molar-refractivity contribution in [3.05, 3.63) is 78.5 Å². The molecular weight excluding hydrogens is 670 g/mol. The second-order valence-corrected chi connectivity index (χ2v) is 15.5. The largest absolute Gasteiger partial charge is 0.493 e. The summed E-state index contributed by atoms with van der Waals surface area (Å²) in [6, 6.07) is 14.4. The topological polar surface area (TPSA) is 145 Å². The summed E-state index contributed by atoms with van der Waals surface area (Å²) in [4.78, 5) is 30.4. The number of rotatable bonds is 12. The molecule has 3 aliphatic rings. The second kappa shape index (κ2) is 13.1. The molecule has 50 heavy (non-hydrogen) atoms. The number of halogens is 2. The highest BCUT2D eigenvalue weighted by Crippen LogP contribution is 2.48. The van der Waals surface area contributed by atoms with E-state index in [1.165, 1.54) is 49.7 Å². The molecule has 1 saturated heterocycles. The van der Waals surface area contributed by atoms with E-state index in [0.717, 1.165) is 18.9 Å². The quantitative estimate of drug-likeness (QED) is 0.157. The predicted molar refractivity (Wildman–Crippen MR) is 182 cm³/mol. The molecule has 0 atom stereocenters. The van der Waals surface area contributed by atoms with Crippen LogP contribution < -0.4 is 30.2 Å². The van der Waals surface area contributed by atoms with Crippen LogP contribution in [0, 0.1) is 17.0 Å². The van der Waals surface area contributed by atoms with Gasteiger partial charge in [-0.15, -0.1) is 0 Å². The smallest absolute Gasteiger partial charge is 0.240 e. The number of fused-ring (bicyclic) bond motifs is 1. The summed E-state index contributed by atoms with van der Waals surface area (Å²) in [6.07, 6.45) is 5.21. The Morgan fingerprint density at radius 2 is 1.52 bits per heavy atom. The molecule has 11 nitrogen and oxygen atoms in total. The number of benzene rings is 3. The van der Waals surface area contributed by atoms with Crippen LogP contribution in [0.1, 0.15) is 38.5 Å². The van der Waals surface area contributed by atoms with Crippen molar-refractivity contribution in [1.29, 1.82) is 0 Å². The maximum Gasteiger partial charge on any atom is 0.240 e. The van der Waals surface area contributed by atoms with Crippen LogP contribution in [0.5, 0.6) is 23.0 Å². The third-order valence-electron chi connectivity index (χ3n) is 9.54. The van der Waals surface area contributed by atoms with Crippen LogP contribution >= 0.6 is 0 Å². The maximum atomic E-state index is 15.3. The van der Waals surface area contributed by atoms with Crippen LogP contribution in [0.4, 0.5) is 20.2 Å². The van der Waals surface area contributed by atoms with Crippen molar-refractivity contribution < 1.29 is 41.0 Å². The monoisotopic (exact) mass is 706 g/mol. The molecule has 3 N–H and O–H groups in total. The number of carbonyl (C=O) groups is 2. The number of hydrogen-bond donors (Lipinski definition) is 3. The van der Waals surface area contributed by atoms with E-state index in [1.54, 1.807) is 18.2 Å². The zero-order chi connectivity index (χ0) is 35.1. The van der Waals surface area contributed by atoms with Gasteiger partial charge in [-0.3, -0.25) is 14.6 Å². The molecule has 7 rings (SSSR count). The Labute approximate surface area is 287 Å². The molecule has 2 heterocycles. The zero-order valence-corrected chi connectivity index (χ0v) is 28.1. The van der Waals surface area contributed by atoms with E-state index in [2.05, 4.69) is 20.9 Å². The van der Waals surface area contributed by atoms with Gasteiger partial charge in [-0.25, -0.2) is 17.2 Å². The summed E-state index contributed by atoms with van der Waals surface area (Å²) in [6.45, 7) is 0.377. The van der Waals surface area contributed by atoms with Gasteiger partial charge in [-0.1, -0.05) is 0 Å². The Balaban J connectivity index is 1.01. The molecule has 2 aliphatic carbocycles. The molecular formula is C36H36F2N4O7S. The number of amides is 2. The van der Waals surface area contributed by atoms with Gasteiger partial charge in [-0.05, 0) is 87.1 Å². The van der Waals surface area contributed by atoms with Crippen LogP contribution in [0.25, 0.3) is 10.9 Å².